The first-order chi connectivity index (χ1) is 18.4. The highest BCUT2D eigenvalue weighted by Gasteiger charge is 2.18. The fourth-order valence-electron chi connectivity index (χ4n) is 5.05. The van der Waals surface area contributed by atoms with Crippen LogP contribution in [0.1, 0.15) is 57.2 Å². The highest BCUT2D eigenvalue weighted by Crippen LogP contribution is 2.29. The number of allylic oxidation sites excluding steroid dienone is 12. The minimum Gasteiger partial charge on any atom is -0.279 e. The van der Waals surface area contributed by atoms with Gasteiger partial charge in [0.25, 0.3) is 0 Å². The summed E-state index contributed by atoms with van der Waals surface area (Å²) in [5.74, 6) is 1.84. The molecule has 0 radical (unpaired) electrons. The summed E-state index contributed by atoms with van der Waals surface area (Å²) in [6.45, 7) is 6.86. The second-order valence-electron chi connectivity index (χ2n) is 11.4. The number of rotatable bonds is 7. The summed E-state index contributed by atoms with van der Waals surface area (Å²) in [4.78, 5) is 0. The fraction of sp³-hybridized carbons (Fsp3) is 0.257. The van der Waals surface area contributed by atoms with Gasteiger partial charge in [-0.25, -0.2) is 0 Å². The van der Waals surface area contributed by atoms with Crippen LogP contribution in [-0.4, -0.2) is 14.8 Å². The summed E-state index contributed by atoms with van der Waals surface area (Å²) in [7, 11) is 0. The van der Waals surface area contributed by atoms with Crippen molar-refractivity contribution in [1.82, 2.24) is 14.8 Å². The highest BCUT2D eigenvalue weighted by molar-refractivity contribution is 5.72. The van der Waals surface area contributed by atoms with Crippen molar-refractivity contribution in [2.24, 2.45) is 5.41 Å². The fourth-order valence-corrected chi connectivity index (χ4v) is 5.05. The third kappa shape index (κ3) is 6.66. The van der Waals surface area contributed by atoms with Crippen molar-refractivity contribution in [3.63, 3.8) is 0 Å². The van der Waals surface area contributed by atoms with Crippen molar-refractivity contribution in [1.29, 1.82) is 0 Å². The Morgan fingerprint density at radius 1 is 0.763 bits per heavy atom. The number of hydrogen-bond acceptors (Lipinski definition) is 2. The average molecular weight is 500 g/mol. The van der Waals surface area contributed by atoms with E-state index in [9.17, 15) is 0 Å². The molecule has 5 rings (SSSR count). The molecule has 1 heterocycles. The molecular formula is C35H37N3. The van der Waals surface area contributed by atoms with Gasteiger partial charge >= 0.3 is 0 Å². The van der Waals surface area contributed by atoms with E-state index in [0.29, 0.717) is 0 Å². The molecule has 2 aliphatic carbocycles. The highest BCUT2D eigenvalue weighted by atomic mass is 15.3. The van der Waals surface area contributed by atoms with Crippen LogP contribution in [0.15, 0.2) is 126 Å². The maximum Gasteiger partial charge on any atom is 0.168 e. The molecule has 0 saturated carbocycles. The van der Waals surface area contributed by atoms with E-state index < -0.39 is 0 Å². The summed E-state index contributed by atoms with van der Waals surface area (Å²) >= 11 is 0. The van der Waals surface area contributed by atoms with Crippen LogP contribution in [0.5, 0.6) is 0 Å². The Hall–Kier alpha value is -3.98. The Labute approximate surface area is 227 Å². The zero-order valence-corrected chi connectivity index (χ0v) is 22.8. The molecule has 0 aliphatic heterocycles. The van der Waals surface area contributed by atoms with E-state index in [4.69, 9.17) is 10.2 Å². The Morgan fingerprint density at radius 2 is 1.53 bits per heavy atom. The van der Waals surface area contributed by atoms with Crippen LogP contribution in [0.3, 0.4) is 0 Å². The second-order valence-corrected chi connectivity index (χ2v) is 11.4. The van der Waals surface area contributed by atoms with E-state index in [0.717, 1.165) is 55.0 Å². The van der Waals surface area contributed by atoms with Gasteiger partial charge in [-0.3, -0.25) is 4.57 Å². The number of aromatic nitrogens is 3. The van der Waals surface area contributed by atoms with Gasteiger partial charge < -0.3 is 0 Å². The van der Waals surface area contributed by atoms with E-state index in [2.05, 4.69) is 135 Å². The van der Waals surface area contributed by atoms with Gasteiger partial charge in [0.05, 0.1) is 0 Å². The molecule has 3 heteroatoms. The quantitative estimate of drug-likeness (QED) is 0.326. The summed E-state index contributed by atoms with van der Waals surface area (Å²) < 4.78 is 2.22. The standard InChI is InChI=1S/C35H37N3/c1-35(2,3)26-30-16-11-17-31(23-22-30)34-37-36-33(38(34)32-18-8-5-9-19-32)25-29-15-10-14-28(20-21-29)24-27-12-6-4-7-13-27/h4-10,12-13,15-23H,11,14,24-26H2,1-3H3. The number of hydrogen-bond donors (Lipinski definition) is 0. The third-order valence-electron chi connectivity index (χ3n) is 6.81. The van der Waals surface area contributed by atoms with Crippen LogP contribution in [0.25, 0.3) is 11.3 Å². The van der Waals surface area contributed by atoms with Crippen molar-refractivity contribution in [3.05, 3.63) is 143 Å². The van der Waals surface area contributed by atoms with E-state index in [1.54, 1.807) is 0 Å². The zero-order valence-electron chi connectivity index (χ0n) is 22.8. The molecule has 2 aromatic carbocycles. The van der Waals surface area contributed by atoms with Gasteiger partial charge in [0.2, 0.25) is 0 Å². The molecule has 2 aliphatic rings. The zero-order chi connectivity index (χ0) is 26.4. The van der Waals surface area contributed by atoms with Crippen LogP contribution in [0, 0.1) is 5.41 Å². The molecule has 0 atom stereocenters. The van der Waals surface area contributed by atoms with Crippen LogP contribution < -0.4 is 0 Å². The van der Waals surface area contributed by atoms with Gasteiger partial charge in [0.15, 0.2) is 5.82 Å². The number of para-hydroxylation sites is 1. The molecule has 0 unspecified atom stereocenters. The second kappa shape index (κ2) is 11.6. The summed E-state index contributed by atoms with van der Waals surface area (Å²) in [6.07, 6.45) is 22.7. The van der Waals surface area contributed by atoms with Crippen LogP contribution in [0.4, 0.5) is 0 Å². The molecule has 192 valence electrons. The predicted octanol–water partition coefficient (Wildman–Crippen LogP) is 8.57. The monoisotopic (exact) mass is 499 g/mol. The van der Waals surface area contributed by atoms with Gasteiger partial charge in [0, 0.05) is 17.7 Å². The topological polar surface area (TPSA) is 30.7 Å². The lowest BCUT2D eigenvalue weighted by atomic mass is 9.87. The average Bonchev–Trinajstić information content (AvgIpc) is 3.02. The normalized spacial score (nSPS) is 15.8. The van der Waals surface area contributed by atoms with Crippen LogP contribution >= 0.6 is 0 Å². The first-order valence-corrected chi connectivity index (χ1v) is 13.6. The van der Waals surface area contributed by atoms with Gasteiger partial charge in [-0.1, -0.05) is 129 Å². The lowest BCUT2D eigenvalue weighted by Gasteiger charge is -2.18. The Morgan fingerprint density at radius 3 is 2.29 bits per heavy atom. The van der Waals surface area contributed by atoms with Crippen molar-refractivity contribution < 1.29 is 0 Å². The van der Waals surface area contributed by atoms with E-state index in [1.165, 1.54) is 22.3 Å². The van der Waals surface area contributed by atoms with Crippen LogP contribution in [-0.2, 0) is 12.8 Å². The summed E-state index contributed by atoms with van der Waals surface area (Å²) in [5, 5.41) is 9.43. The molecular weight excluding hydrogens is 462 g/mol. The molecule has 1 aromatic heterocycles. The maximum atomic E-state index is 4.72. The largest absolute Gasteiger partial charge is 0.279 e. The lowest BCUT2D eigenvalue weighted by molar-refractivity contribution is 0.413. The van der Waals surface area contributed by atoms with E-state index >= 15 is 0 Å². The summed E-state index contributed by atoms with van der Waals surface area (Å²) in [5.41, 5.74) is 7.84. The number of benzene rings is 2. The molecule has 0 bridgehead atoms. The molecule has 0 spiro atoms. The van der Waals surface area contributed by atoms with E-state index in [1.807, 2.05) is 0 Å². The van der Waals surface area contributed by atoms with Crippen molar-refractivity contribution in [2.45, 2.75) is 52.9 Å². The molecule has 0 fully saturated rings. The minimum absolute atomic E-state index is 0.257. The van der Waals surface area contributed by atoms with E-state index in [-0.39, 0.29) is 5.41 Å². The Bertz CT molecular complexity index is 1440. The van der Waals surface area contributed by atoms with Gasteiger partial charge in [-0.05, 0) is 54.4 Å². The van der Waals surface area contributed by atoms with Gasteiger partial charge in [0.1, 0.15) is 5.82 Å². The molecule has 0 N–H and O–H groups in total. The smallest absolute Gasteiger partial charge is 0.168 e. The first-order valence-electron chi connectivity index (χ1n) is 13.6. The van der Waals surface area contributed by atoms with Crippen molar-refractivity contribution in [3.8, 4) is 5.69 Å². The molecule has 0 amide bonds. The molecule has 3 nitrogen and oxygen atoms in total. The Kier molecular flexibility index (Phi) is 7.83. The first kappa shape index (κ1) is 25.7. The predicted molar refractivity (Wildman–Crippen MR) is 159 cm³/mol. The van der Waals surface area contributed by atoms with Crippen molar-refractivity contribution >= 4 is 5.57 Å². The minimum atomic E-state index is 0.257. The Balaban J connectivity index is 1.42. The molecule has 3 aromatic rings. The number of nitrogens with zero attached hydrogens (tertiary/aromatic N) is 3. The maximum absolute atomic E-state index is 4.72. The lowest BCUT2D eigenvalue weighted by Crippen LogP contribution is -2.06. The third-order valence-corrected chi connectivity index (χ3v) is 6.81. The van der Waals surface area contributed by atoms with Crippen LogP contribution in [0.2, 0.25) is 0 Å². The molecule has 38 heavy (non-hydrogen) atoms. The summed E-state index contributed by atoms with van der Waals surface area (Å²) in [6, 6.07) is 21.2. The molecule has 0 saturated heterocycles. The van der Waals surface area contributed by atoms with Gasteiger partial charge in [-0.2, -0.15) is 0 Å². The SMILES string of the molecule is CC(C)(C)CC1=CCC=C(c2nnc(CC3=CC=C(Cc4ccccc4)CC=C3)n2-c2ccccc2)C=C1. The van der Waals surface area contributed by atoms with Crippen molar-refractivity contribution in [2.75, 3.05) is 0 Å². The van der Waals surface area contributed by atoms with Gasteiger partial charge in [-0.15, -0.1) is 10.2 Å².